The third-order valence-corrected chi connectivity index (χ3v) is 8.83. The summed E-state index contributed by atoms with van der Waals surface area (Å²) in [6, 6.07) is 4.52. The second-order valence-electron chi connectivity index (χ2n) is 8.38. The van der Waals surface area contributed by atoms with Gasteiger partial charge in [-0.25, -0.2) is 13.2 Å². The molecule has 0 saturated carbocycles. The Kier molecular flexibility index (Phi) is 9.75. The van der Waals surface area contributed by atoms with Crippen LogP contribution in [0.1, 0.15) is 31.2 Å². The molecule has 3 rings (SSSR count). The maximum Gasteiger partial charge on any atom is 0.319 e. The Morgan fingerprint density at radius 3 is 2.27 bits per heavy atom. The molecule has 0 radical (unpaired) electrons. The van der Waals surface area contributed by atoms with E-state index >= 15 is 0 Å². The zero-order chi connectivity index (χ0) is 27.2. The van der Waals surface area contributed by atoms with Crippen molar-refractivity contribution in [3.63, 3.8) is 0 Å². The van der Waals surface area contributed by atoms with Crippen molar-refractivity contribution in [2.45, 2.75) is 17.9 Å². The Hall–Kier alpha value is -2.88. The summed E-state index contributed by atoms with van der Waals surface area (Å²) in [5, 5.41) is 5.12. The fraction of sp³-hybridized carbons (Fsp3) is 0.435. The molecular formula is C23H31N5O7S2. The highest BCUT2D eigenvalue weighted by atomic mass is 32.2. The topological polar surface area (TPSA) is 160 Å². The van der Waals surface area contributed by atoms with E-state index in [1.807, 2.05) is 7.05 Å². The highest BCUT2D eigenvalue weighted by Gasteiger charge is 2.29. The number of anilines is 1. The van der Waals surface area contributed by atoms with Gasteiger partial charge in [0.1, 0.15) is 5.00 Å². The summed E-state index contributed by atoms with van der Waals surface area (Å²) < 4.78 is 37.5. The minimum atomic E-state index is -3.84. The summed E-state index contributed by atoms with van der Waals surface area (Å²) in [5.74, 6) is -1.21. The lowest BCUT2D eigenvalue weighted by atomic mass is 10.0. The van der Waals surface area contributed by atoms with Crippen LogP contribution in [0.25, 0.3) is 0 Å². The molecule has 1 aliphatic rings. The molecule has 0 unspecified atom stereocenters. The molecule has 1 aromatic heterocycles. The fourth-order valence-electron chi connectivity index (χ4n) is 3.87. The van der Waals surface area contributed by atoms with Crippen LogP contribution in [0.5, 0.6) is 0 Å². The number of sulfonamides is 1. The summed E-state index contributed by atoms with van der Waals surface area (Å²) >= 11 is 1.26. The Morgan fingerprint density at radius 2 is 1.70 bits per heavy atom. The van der Waals surface area contributed by atoms with Crippen LogP contribution in [0, 0.1) is 0 Å². The van der Waals surface area contributed by atoms with Crippen molar-refractivity contribution in [1.29, 1.82) is 0 Å². The smallest absolute Gasteiger partial charge is 0.319 e. The van der Waals surface area contributed by atoms with Crippen LogP contribution in [0.3, 0.4) is 0 Å². The number of hydrogen-bond donors (Lipinski definition) is 3. The number of urea groups is 1. The van der Waals surface area contributed by atoms with Gasteiger partial charge in [-0.2, -0.15) is 4.31 Å². The van der Waals surface area contributed by atoms with E-state index in [1.54, 1.807) is 0 Å². The molecule has 0 fully saturated rings. The first kappa shape index (κ1) is 28.7. The summed E-state index contributed by atoms with van der Waals surface area (Å²) in [6.45, 7) is 2.06. The van der Waals surface area contributed by atoms with Gasteiger partial charge in [0.15, 0.2) is 0 Å². The number of hydrogen-bond acceptors (Lipinski definition) is 9. The van der Waals surface area contributed by atoms with Crippen molar-refractivity contribution in [3.8, 4) is 0 Å². The molecule has 1 aliphatic heterocycles. The first-order chi connectivity index (χ1) is 17.6. The average molecular weight is 554 g/mol. The fourth-order valence-corrected chi connectivity index (χ4v) is 6.60. The SMILES string of the molecule is COCCN(CCOC)S(=O)(=O)c1ccc(C(=O)Nc2sc3c(c2C(=O)NC(N)=O)CCN(C)C3)cc1. The van der Waals surface area contributed by atoms with E-state index in [0.717, 1.165) is 17.0 Å². The number of methoxy groups -OCH3 is 2. The molecule has 4 amide bonds. The lowest BCUT2D eigenvalue weighted by molar-refractivity contribution is 0.0966. The molecule has 0 saturated heterocycles. The van der Waals surface area contributed by atoms with Crippen molar-refractivity contribution in [1.82, 2.24) is 14.5 Å². The first-order valence-corrected chi connectivity index (χ1v) is 13.7. The largest absolute Gasteiger partial charge is 0.383 e. The predicted molar refractivity (Wildman–Crippen MR) is 138 cm³/mol. The number of nitrogens with one attached hydrogen (secondary N) is 2. The van der Waals surface area contributed by atoms with Gasteiger partial charge in [0.05, 0.1) is 23.7 Å². The van der Waals surface area contributed by atoms with Gasteiger partial charge in [-0.3, -0.25) is 14.9 Å². The number of nitrogens with two attached hydrogens (primary N) is 1. The van der Waals surface area contributed by atoms with E-state index in [2.05, 4.69) is 15.5 Å². The second kappa shape index (κ2) is 12.6. The minimum Gasteiger partial charge on any atom is -0.383 e. The van der Waals surface area contributed by atoms with E-state index in [9.17, 15) is 22.8 Å². The van der Waals surface area contributed by atoms with Gasteiger partial charge in [-0.05, 0) is 43.3 Å². The van der Waals surface area contributed by atoms with Gasteiger partial charge >= 0.3 is 6.03 Å². The number of rotatable bonds is 11. The van der Waals surface area contributed by atoms with Crippen LogP contribution in [-0.2, 0) is 32.5 Å². The van der Waals surface area contributed by atoms with Crippen LogP contribution < -0.4 is 16.4 Å². The third kappa shape index (κ3) is 6.91. The molecule has 0 spiro atoms. The molecule has 4 N–H and O–H groups in total. The Labute approximate surface area is 219 Å². The Morgan fingerprint density at radius 1 is 1.08 bits per heavy atom. The third-order valence-electron chi connectivity index (χ3n) is 5.78. The van der Waals surface area contributed by atoms with Crippen molar-refractivity contribution in [3.05, 3.63) is 45.8 Å². The Bertz CT molecular complexity index is 1240. The number of fused-ring (bicyclic) bond motifs is 1. The van der Waals surface area contributed by atoms with Gasteiger partial charge in [0.2, 0.25) is 10.0 Å². The number of primary amides is 1. The highest BCUT2D eigenvalue weighted by molar-refractivity contribution is 7.89. The number of benzene rings is 1. The summed E-state index contributed by atoms with van der Waals surface area (Å²) in [7, 11) is 1.08. The van der Waals surface area contributed by atoms with E-state index < -0.39 is 27.9 Å². The van der Waals surface area contributed by atoms with Crippen LogP contribution in [0.4, 0.5) is 9.80 Å². The van der Waals surface area contributed by atoms with Crippen LogP contribution in [0.2, 0.25) is 0 Å². The lowest BCUT2D eigenvalue weighted by Gasteiger charge is -2.22. The maximum absolute atomic E-state index is 13.1. The molecule has 12 nitrogen and oxygen atoms in total. The molecule has 2 heterocycles. The van der Waals surface area contributed by atoms with Gasteiger partial charge in [0, 0.05) is 50.8 Å². The van der Waals surface area contributed by atoms with Crippen molar-refractivity contribution in [2.24, 2.45) is 5.73 Å². The summed E-state index contributed by atoms with van der Waals surface area (Å²) in [6.07, 6.45) is 0.578. The van der Waals surface area contributed by atoms with Crippen molar-refractivity contribution < 1.29 is 32.3 Å². The van der Waals surface area contributed by atoms with E-state index in [-0.39, 0.29) is 42.3 Å². The number of amides is 4. The number of nitrogens with zero attached hydrogens (tertiary/aromatic N) is 2. The van der Waals surface area contributed by atoms with Crippen molar-refractivity contribution in [2.75, 3.05) is 59.4 Å². The molecule has 14 heteroatoms. The maximum atomic E-state index is 13.1. The second-order valence-corrected chi connectivity index (χ2v) is 11.4. The normalized spacial score (nSPS) is 13.8. The van der Waals surface area contributed by atoms with E-state index in [4.69, 9.17) is 15.2 Å². The summed E-state index contributed by atoms with van der Waals surface area (Å²) in [4.78, 5) is 40.1. The van der Waals surface area contributed by atoms with Crippen molar-refractivity contribution >= 4 is 44.2 Å². The van der Waals surface area contributed by atoms with E-state index in [0.29, 0.717) is 18.0 Å². The monoisotopic (exact) mass is 553 g/mol. The van der Waals surface area contributed by atoms with Gasteiger partial charge < -0.3 is 25.4 Å². The number of ether oxygens (including phenoxy) is 2. The molecule has 37 heavy (non-hydrogen) atoms. The molecular weight excluding hydrogens is 522 g/mol. The van der Waals surface area contributed by atoms with Gasteiger partial charge in [-0.15, -0.1) is 11.3 Å². The van der Waals surface area contributed by atoms with Crippen LogP contribution in [-0.4, -0.2) is 89.6 Å². The average Bonchev–Trinajstić information content (AvgIpc) is 3.20. The zero-order valence-corrected chi connectivity index (χ0v) is 22.5. The zero-order valence-electron chi connectivity index (χ0n) is 20.9. The lowest BCUT2D eigenvalue weighted by Crippen LogP contribution is -2.36. The number of thiophene rings is 1. The molecule has 0 bridgehead atoms. The minimum absolute atomic E-state index is 0.0207. The summed E-state index contributed by atoms with van der Waals surface area (Å²) in [5.41, 5.74) is 6.32. The Balaban J connectivity index is 1.84. The van der Waals surface area contributed by atoms with Gasteiger partial charge in [-0.1, -0.05) is 0 Å². The number of imide groups is 1. The van der Waals surface area contributed by atoms with Crippen LogP contribution >= 0.6 is 11.3 Å². The molecule has 0 aliphatic carbocycles. The standard InChI is InChI=1S/C23H31N5O7S2/c1-27-9-8-17-18(14-27)36-22(19(17)21(30)26-23(24)31)25-20(29)15-4-6-16(7-5-15)37(32,33)28(10-12-34-2)11-13-35-3/h4-7H,8-14H2,1-3H3,(H,25,29)(H3,24,26,30,31). The number of carbonyl (C=O) groups excluding carboxylic acids is 3. The van der Waals surface area contributed by atoms with E-state index in [1.165, 1.54) is 54.1 Å². The van der Waals surface area contributed by atoms with Crippen LogP contribution in [0.15, 0.2) is 29.2 Å². The number of carbonyl (C=O) groups is 3. The predicted octanol–water partition coefficient (Wildman–Crippen LogP) is 1.08. The first-order valence-electron chi connectivity index (χ1n) is 11.4. The number of likely N-dealkylation sites (N-methyl/N-ethyl adjacent to an activating group) is 1. The highest BCUT2D eigenvalue weighted by Crippen LogP contribution is 2.37. The molecule has 2 aromatic rings. The molecule has 0 atom stereocenters. The van der Waals surface area contributed by atoms with Gasteiger partial charge in [0.25, 0.3) is 11.8 Å². The quantitative estimate of drug-likeness (QED) is 0.373. The molecule has 1 aromatic carbocycles. The molecule has 202 valence electrons.